The van der Waals surface area contributed by atoms with Gasteiger partial charge in [0.1, 0.15) is 6.07 Å². The molecule has 6 heteroatoms. The molecule has 1 aliphatic carbocycles. The fraction of sp³-hybridized carbons (Fsp3) is 0.467. The molecule has 0 bridgehead atoms. The fourth-order valence-electron chi connectivity index (χ4n) is 2.60. The molecule has 0 aliphatic heterocycles. The molecule has 5 nitrogen and oxygen atoms in total. The lowest BCUT2D eigenvalue weighted by atomic mass is 9.79. The smallest absolute Gasteiger partial charge is 0.306 e. The van der Waals surface area contributed by atoms with Crippen LogP contribution in [0.25, 0.3) is 0 Å². The van der Waals surface area contributed by atoms with Crippen LogP contribution in [-0.2, 0) is 4.79 Å². The standard InChI is InChI=1S/C15H17BrN2O3/c16-12-2-1-11(8-17)13(7-12)18-9-15(21)5-3-10(4-6-15)14(19)20/h1-2,7,10,18,21H,3-6,9H2,(H,19,20). The van der Waals surface area contributed by atoms with Gasteiger partial charge in [0.2, 0.25) is 0 Å². The number of carbonyl (C=O) groups is 1. The first-order chi connectivity index (χ1) is 9.93. The van der Waals surface area contributed by atoms with Gasteiger partial charge in [-0.15, -0.1) is 0 Å². The Morgan fingerprint density at radius 1 is 1.48 bits per heavy atom. The fourth-order valence-corrected chi connectivity index (χ4v) is 2.96. The van der Waals surface area contributed by atoms with Crippen LogP contribution in [0.5, 0.6) is 0 Å². The average Bonchev–Trinajstić information content (AvgIpc) is 2.46. The molecular formula is C15H17BrN2O3. The van der Waals surface area contributed by atoms with Crippen molar-refractivity contribution in [1.29, 1.82) is 5.26 Å². The van der Waals surface area contributed by atoms with E-state index in [2.05, 4.69) is 27.3 Å². The number of rotatable bonds is 4. The van der Waals surface area contributed by atoms with Gasteiger partial charge in [0.05, 0.1) is 22.8 Å². The Labute approximate surface area is 131 Å². The minimum atomic E-state index is -0.916. The van der Waals surface area contributed by atoms with Crippen LogP contribution in [0.2, 0.25) is 0 Å². The molecule has 0 atom stereocenters. The second-order valence-electron chi connectivity index (χ2n) is 5.49. The largest absolute Gasteiger partial charge is 0.481 e. The number of hydrogen-bond acceptors (Lipinski definition) is 4. The molecule has 1 fully saturated rings. The summed E-state index contributed by atoms with van der Waals surface area (Å²) in [7, 11) is 0. The van der Waals surface area contributed by atoms with Crippen molar-refractivity contribution in [2.75, 3.05) is 11.9 Å². The molecule has 0 radical (unpaired) electrons. The van der Waals surface area contributed by atoms with E-state index >= 15 is 0 Å². The highest BCUT2D eigenvalue weighted by Crippen LogP contribution is 2.33. The van der Waals surface area contributed by atoms with Gasteiger partial charge in [-0.1, -0.05) is 15.9 Å². The van der Waals surface area contributed by atoms with E-state index in [9.17, 15) is 9.90 Å². The van der Waals surface area contributed by atoms with Crippen LogP contribution in [-0.4, -0.2) is 28.3 Å². The normalized spacial score (nSPS) is 25.1. The Hall–Kier alpha value is -1.58. The molecule has 0 spiro atoms. The van der Waals surface area contributed by atoms with Gasteiger partial charge in [-0.25, -0.2) is 0 Å². The van der Waals surface area contributed by atoms with Gasteiger partial charge < -0.3 is 15.5 Å². The molecule has 0 aromatic heterocycles. The first-order valence-electron chi connectivity index (χ1n) is 6.82. The van der Waals surface area contributed by atoms with Gasteiger partial charge in [0.15, 0.2) is 0 Å². The van der Waals surface area contributed by atoms with Crippen LogP contribution in [0.1, 0.15) is 31.2 Å². The topological polar surface area (TPSA) is 93.4 Å². The summed E-state index contributed by atoms with van der Waals surface area (Å²) in [5.41, 5.74) is 0.266. The molecule has 112 valence electrons. The number of halogens is 1. The third-order valence-corrected chi connectivity index (χ3v) is 4.47. The molecule has 0 unspecified atom stereocenters. The summed E-state index contributed by atoms with van der Waals surface area (Å²) >= 11 is 3.35. The van der Waals surface area contributed by atoms with E-state index < -0.39 is 11.6 Å². The summed E-state index contributed by atoms with van der Waals surface area (Å²) in [4.78, 5) is 10.9. The molecule has 0 saturated heterocycles. The third-order valence-electron chi connectivity index (χ3n) is 3.98. The minimum Gasteiger partial charge on any atom is -0.481 e. The Bertz CT molecular complexity index is 575. The lowest BCUT2D eigenvalue weighted by Crippen LogP contribution is -2.41. The van der Waals surface area contributed by atoms with E-state index in [0.29, 0.717) is 43.5 Å². The van der Waals surface area contributed by atoms with Crippen LogP contribution < -0.4 is 5.32 Å². The quantitative estimate of drug-likeness (QED) is 0.774. The summed E-state index contributed by atoms with van der Waals surface area (Å²) in [5, 5.41) is 31.7. The van der Waals surface area contributed by atoms with Crippen molar-refractivity contribution < 1.29 is 15.0 Å². The first kappa shape index (κ1) is 15.8. The van der Waals surface area contributed by atoms with E-state index in [1.807, 2.05) is 0 Å². The number of nitriles is 1. The number of anilines is 1. The first-order valence-corrected chi connectivity index (χ1v) is 7.61. The van der Waals surface area contributed by atoms with Crippen molar-refractivity contribution in [3.63, 3.8) is 0 Å². The SMILES string of the molecule is N#Cc1ccc(Br)cc1NCC1(O)CCC(C(=O)O)CC1. The summed E-state index contributed by atoms with van der Waals surface area (Å²) < 4.78 is 0.852. The van der Waals surface area contributed by atoms with Crippen molar-refractivity contribution in [2.24, 2.45) is 5.92 Å². The van der Waals surface area contributed by atoms with E-state index in [1.54, 1.807) is 18.2 Å². The van der Waals surface area contributed by atoms with E-state index in [0.717, 1.165) is 4.47 Å². The van der Waals surface area contributed by atoms with Crippen molar-refractivity contribution >= 4 is 27.6 Å². The van der Waals surface area contributed by atoms with Gasteiger partial charge in [0, 0.05) is 11.0 Å². The Morgan fingerprint density at radius 2 is 2.14 bits per heavy atom. The number of benzene rings is 1. The average molecular weight is 353 g/mol. The van der Waals surface area contributed by atoms with Gasteiger partial charge in [-0.2, -0.15) is 5.26 Å². The molecule has 0 heterocycles. The van der Waals surface area contributed by atoms with Gasteiger partial charge in [-0.3, -0.25) is 4.79 Å². The van der Waals surface area contributed by atoms with Crippen molar-refractivity contribution in [2.45, 2.75) is 31.3 Å². The Balaban J connectivity index is 1.99. The van der Waals surface area contributed by atoms with Crippen LogP contribution in [0.15, 0.2) is 22.7 Å². The molecule has 1 saturated carbocycles. The van der Waals surface area contributed by atoms with Gasteiger partial charge in [0.25, 0.3) is 0 Å². The zero-order valence-corrected chi connectivity index (χ0v) is 13.1. The lowest BCUT2D eigenvalue weighted by Gasteiger charge is -2.35. The predicted octanol–water partition coefficient (Wildman–Crippen LogP) is 2.74. The summed E-state index contributed by atoms with van der Waals surface area (Å²) in [6, 6.07) is 7.39. The summed E-state index contributed by atoms with van der Waals surface area (Å²) in [6.07, 6.45) is 1.87. The molecule has 3 N–H and O–H groups in total. The second-order valence-corrected chi connectivity index (χ2v) is 6.41. The zero-order chi connectivity index (χ0) is 15.5. The number of hydrogen-bond donors (Lipinski definition) is 3. The Kier molecular flexibility index (Phi) is 4.86. The summed E-state index contributed by atoms with van der Waals surface area (Å²) in [6.45, 7) is 0.310. The number of carboxylic acid groups (broad SMARTS) is 1. The molecule has 21 heavy (non-hydrogen) atoms. The van der Waals surface area contributed by atoms with E-state index in [1.165, 1.54) is 0 Å². The number of aliphatic hydroxyl groups is 1. The summed E-state index contributed by atoms with van der Waals surface area (Å²) in [5.74, 6) is -1.14. The molecule has 1 aromatic rings. The highest BCUT2D eigenvalue weighted by atomic mass is 79.9. The zero-order valence-electron chi connectivity index (χ0n) is 11.5. The van der Waals surface area contributed by atoms with Crippen LogP contribution >= 0.6 is 15.9 Å². The molecule has 1 aliphatic rings. The maximum atomic E-state index is 10.9. The van der Waals surface area contributed by atoms with Gasteiger partial charge >= 0.3 is 5.97 Å². The monoisotopic (exact) mass is 352 g/mol. The highest BCUT2D eigenvalue weighted by molar-refractivity contribution is 9.10. The maximum absolute atomic E-state index is 10.9. The second kappa shape index (κ2) is 6.46. The van der Waals surface area contributed by atoms with Crippen molar-refractivity contribution in [1.82, 2.24) is 0 Å². The molecule has 0 amide bonds. The highest BCUT2D eigenvalue weighted by Gasteiger charge is 2.35. The van der Waals surface area contributed by atoms with Gasteiger partial charge in [-0.05, 0) is 43.9 Å². The predicted molar refractivity (Wildman–Crippen MR) is 81.9 cm³/mol. The lowest BCUT2D eigenvalue weighted by molar-refractivity contribution is -0.144. The third kappa shape index (κ3) is 3.96. The van der Waals surface area contributed by atoms with E-state index in [4.69, 9.17) is 10.4 Å². The van der Waals surface area contributed by atoms with Crippen LogP contribution in [0.3, 0.4) is 0 Å². The molecular weight excluding hydrogens is 336 g/mol. The Morgan fingerprint density at radius 3 is 2.71 bits per heavy atom. The van der Waals surface area contributed by atoms with Crippen molar-refractivity contribution in [3.8, 4) is 6.07 Å². The van der Waals surface area contributed by atoms with Crippen molar-refractivity contribution in [3.05, 3.63) is 28.2 Å². The van der Waals surface area contributed by atoms with Crippen LogP contribution in [0, 0.1) is 17.2 Å². The number of nitrogens with zero attached hydrogens (tertiary/aromatic N) is 1. The van der Waals surface area contributed by atoms with E-state index in [-0.39, 0.29) is 5.92 Å². The number of carboxylic acids is 1. The number of aliphatic carboxylic acids is 1. The maximum Gasteiger partial charge on any atom is 0.306 e. The minimum absolute atomic E-state index is 0.310. The molecule has 2 rings (SSSR count). The molecule has 1 aromatic carbocycles. The number of nitrogens with one attached hydrogen (secondary N) is 1. The van der Waals surface area contributed by atoms with Crippen LogP contribution in [0.4, 0.5) is 5.69 Å².